The fourth-order valence-corrected chi connectivity index (χ4v) is 2.15. The lowest BCUT2D eigenvalue weighted by molar-refractivity contribution is -0.148. The molecular weight excluding hydrogens is 209 g/mol. The van der Waals surface area contributed by atoms with Crippen LogP contribution in [0.4, 0.5) is 13.2 Å². The van der Waals surface area contributed by atoms with Crippen LogP contribution >= 0.6 is 0 Å². The Morgan fingerprint density at radius 3 is 2.53 bits per heavy atom. The number of likely N-dealkylation sites (tertiary alicyclic amines) is 1. The summed E-state index contributed by atoms with van der Waals surface area (Å²) in [5.74, 6) is -0.430. The van der Waals surface area contributed by atoms with E-state index in [4.69, 9.17) is 10.8 Å². The third-order valence-corrected chi connectivity index (χ3v) is 2.58. The summed E-state index contributed by atoms with van der Waals surface area (Å²) in [5, 5.41) is 8.72. The van der Waals surface area contributed by atoms with Gasteiger partial charge in [-0.2, -0.15) is 13.2 Å². The molecule has 0 spiro atoms. The molecule has 0 radical (unpaired) electrons. The number of nitrogens with zero attached hydrogens (tertiary/aromatic N) is 1. The molecule has 2 atom stereocenters. The third-order valence-electron chi connectivity index (χ3n) is 2.58. The van der Waals surface area contributed by atoms with Crippen molar-refractivity contribution >= 4 is 0 Å². The van der Waals surface area contributed by atoms with Crippen LogP contribution in [0.2, 0.25) is 0 Å². The monoisotopic (exact) mass is 226 g/mol. The number of aliphatic hydroxyl groups excluding tert-OH is 1. The highest BCUT2D eigenvalue weighted by Gasteiger charge is 2.35. The Morgan fingerprint density at radius 1 is 1.33 bits per heavy atom. The van der Waals surface area contributed by atoms with Crippen LogP contribution < -0.4 is 5.73 Å². The number of alkyl halides is 3. The zero-order valence-corrected chi connectivity index (χ0v) is 8.50. The predicted octanol–water partition coefficient (Wildman–Crippen LogP) is 0.580. The fourth-order valence-electron chi connectivity index (χ4n) is 2.15. The first-order valence-electron chi connectivity index (χ1n) is 5.06. The van der Waals surface area contributed by atoms with Crippen molar-refractivity contribution in [1.82, 2.24) is 4.90 Å². The van der Waals surface area contributed by atoms with Crippen LogP contribution in [0.25, 0.3) is 0 Å². The summed E-state index contributed by atoms with van der Waals surface area (Å²) < 4.78 is 36.5. The maximum atomic E-state index is 12.2. The second kappa shape index (κ2) is 5.14. The minimum absolute atomic E-state index is 0.0363. The van der Waals surface area contributed by atoms with Crippen LogP contribution in [-0.4, -0.2) is 48.5 Å². The summed E-state index contributed by atoms with van der Waals surface area (Å²) in [7, 11) is 0. The summed E-state index contributed by atoms with van der Waals surface area (Å²) in [6.45, 7) is 1.33. The van der Waals surface area contributed by atoms with Crippen molar-refractivity contribution < 1.29 is 18.3 Å². The van der Waals surface area contributed by atoms with Crippen molar-refractivity contribution in [2.75, 3.05) is 26.2 Å². The summed E-state index contributed by atoms with van der Waals surface area (Å²) >= 11 is 0. The molecule has 1 heterocycles. The zero-order valence-electron chi connectivity index (χ0n) is 8.50. The van der Waals surface area contributed by atoms with E-state index in [2.05, 4.69) is 0 Å². The van der Waals surface area contributed by atoms with Gasteiger partial charge in [-0.25, -0.2) is 0 Å². The fraction of sp³-hybridized carbons (Fsp3) is 1.00. The van der Waals surface area contributed by atoms with Crippen molar-refractivity contribution in [2.24, 2.45) is 11.7 Å². The Hall–Kier alpha value is -0.330. The van der Waals surface area contributed by atoms with Crippen LogP contribution in [-0.2, 0) is 0 Å². The Morgan fingerprint density at radius 2 is 2.00 bits per heavy atom. The van der Waals surface area contributed by atoms with Crippen LogP contribution in [0.1, 0.15) is 12.8 Å². The lowest BCUT2D eigenvalue weighted by atomic mass is 9.92. The van der Waals surface area contributed by atoms with E-state index in [9.17, 15) is 13.2 Å². The van der Waals surface area contributed by atoms with Crippen molar-refractivity contribution in [3.05, 3.63) is 0 Å². The molecule has 6 heteroatoms. The molecule has 0 aromatic heterocycles. The number of hydrogen-bond donors (Lipinski definition) is 2. The molecule has 1 aliphatic heterocycles. The highest BCUT2D eigenvalue weighted by atomic mass is 19.4. The number of β-amino-alcohol motifs (C(OH)–C–C–N with tert-alkyl or cyclic N) is 1. The molecule has 1 fully saturated rings. The van der Waals surface area contributed by atoms with E-state index in [1.54, 1.807) is 4.90 Å². The van der Waals surface area contributed by atoms with Crippen molar-refractivity contribution in [3.8, 4) is 0 Å². The summed E-state index contributed by atoms with van der Waals surface area (Å²) in [5.41, 5.74) is 5.67. The lowest BCUT2D eigenvalue weighted by Crippen LogP contribution is -2.48. The average molecular weight is 226 g/mol. The van der Waals surface area contributed by atoms with Gasteiger partial charge in [0.2, 0.25) is 0 Å². The molecule has 15 heavy (non-hydrogen) atoms. The van der Waals surface area contributed by atoms with Gasteiger partial charge in [0.15, 0.2) is 0 Å². The predicted molar refractivity (Wildman–Crippen MR) is 50.3 cm³/mol. The molecule has 0 saturated carbocycles. The maximum absolute atomic E-state index is 12.2. The van der Waals surface area contributed by atoms with Crippen LogP contribution in [0.5, 0.6) is 0 Å². The van der Waals surface area contributed by atoms with Gasteiger partial charge in [0.05, 0.1) is 6.61 Å². The minimum atomic E-state index is -4.12. The topological polar surface area (TPSA) is 49.5 Å². The molecule has 1 saturated heterocycles. The Kier molecular flexibility index (Phi) is 4.36. The van der Waals surface area contributed by atoms with Gasteiger partial charge in [0.1, 0.15) is 0 Å². The smallest absolute Gasteiger partial charge is 0.389 e. The number of nitrogens with two attached hydrogens (primary N) is 1. The standard InChI is InChI=1S/C9H17F3N2O/c10-9(11,12)4-7-3-8(13)6-14(5-7)1-2-15/h7-8,15H,1-6,13H2. The molecule has 3 N–H and O–H groups in total. The molecule has 0 aliphatic carbocycles. The van der Waals surface area contributed by atoms with Crippen LogP contribution in [0.15, 0.2) is 0 Å². The number of rotatable bonds is 3. The molecule has 2 unspecified atom stereocenters. The van der Waals surface area contributed by atoms with E-state index in [1.807, 2.05) is 0 Å². The first-order chi connectivity index (χ1) is 6.90. The average Bonchev–Trinajstić information content (AvgIpc) is 1.99. The number of halogens is 3. The third kappa shape index (κ3) is 4.81. The SMILES string of the molecule is NC1CC(CC(F)(F)F)CN(CCO)C1. The molecule has 0 amide bonds. The van der Waals surface area contributed by atoms with E-state index in [-0.39, 0.29) is 12.6 Å². The van der Waals surface area contributed by atoms with Gasteiger partial charge in [-0.1, -0.05) is 0 Å². The van der Waals surface area contributed by atoms with Crippen molar-refractivity contribution in [1.29, 1.82) is 0 Å². The lowest BCUT2D eigenvalue weighted by Gasteiger charge is -2.36. The van der Waals surface area contributed by atoms with Crippen LogP contribution in [0.3, 0.4) is 0 Å². The first kappa shape index (κ1) is 12.7. The van der Waals surface area contributed by atoms with E-state index in [1.165, 1.54) is 0 Å². The zero-order chi connectivity index (χ0) is 11.5. The van der Waals surface area contributed by atoms with Gasteiger partial charge >= 0.3 is 6.18 Å². The van der Waals surface area contributed by atoms with Gasteiger partial charge in [-0.05, 0) is 12.3 Å². The quantitative estimate of drug-likeness (QED) is 0.740. The van der Waals surface area contributed by atoms with Gasteiger partial charge in [-0.15, -0.1) is 0 Å². The van der Waals surface area contributed by atoms with Gasteiger partial charge in [-0.3, -0.25) is 4.90 Å². The molecule has 1 rings (SSSR count). The van der Waals surface area contributed by atoms with Gasteiger partial charge in [0, 0.05) is 32.1 Å². The first-order valence-corrected chi connectivity index (χ1v) is 5.06. The molecule has 1 aliphatic rings. The van der Waals surface area contributed by atoms with E-state index < -0.39 is 18.5 Å². The highest BCUT2D eigenvalue weighted by molar-refractivity contribution is 4.82. The second-order valence-electron chi connectivity index (χ2n) is 4.16. The van der Waals surface area contributed by atoms with Gasteiger partial charge in [0.25, 0.3) is 0 Å². The van der Waals surface area contributed by atoms with Crippen molar-refractivity contribution in [3.63, 3.8) is 0 Å². The Balaban J connectivity index is 2.44. The number of hydrogen-bond acceptors (Lipinski definition) is 3. The molecule has 0 bridgehead atoms. The Labute approximate surface area is 87.0 Å². The summed E-state index contributed by atoms with van der Waals surface area (Å²) in [4.78, 5) is 1.80. The van der Waals surface area contributed by atoms with E-state index in [0.717, 1.165) is 0 Å². The molecule has 90 valence electrons. The van der Waals surface area contributed by atoms with E-state index >= 15 is 0 Å². The van der Waals surface area contributed by atoms with Crippen LogP contribution in [0, 0.1) is 5.92 Å². The number of aliphatic hydroxyl groups is 1. The minimum Gasteiger partial charge on any atom is -0.395 e. The largest absolute Gasteiger partial charge is 0.395 e. The van der Waals surface area contributed by atoms with Gasteiger partial charge < -0.3 is 10.8 Å². The normalized spacial score (nSPS) is 29.4. The summed E-state index contributed by atoms with van der Waals surface area (Å²) in [6, 6.07) is -0.211. The maximum Gasteiger partial charge on any atom is 0.389 e. The molecule has 3 nitrogen and oxygen atoms in total. The molecule has 0 aromatic carbocycles. The molecular formula is C9H17F3N2O. The second-order valence-corrected chi connectivity index (χ2v) is 4.16. The summed E-state index contributed by atoms with van der Waals surface area (Å²) in [6.07, 6.45) is -4.48. The highest BCUT2D eigenvalue weighted by Crippen LogP contribution is 2.29. The molecule has 0 aromatic rings. The Bertz CT molecular complexity index is 198. The van der Waals surface area contributed by atoms with E-state index in [0.29, 0.717) is 26.1 Å². The number of piperidine rings is 1. The van der Waals surface area contributed by atoms with Crippen molar-refractivity contribution in [2.45, 2.75) is 25.1 Å².